The molecule has 2 unspecified atom stereocenters. The summed E-state index contributed by atoms with van der Waals surface area (Å²) in [6.07, 6.45) is 5.61. The van der Waals surface area contributed by atoms with E-state index < -0.39 is 0 Å². The van der Waals surface area contributed by atoms with Crippen molar-refractivity contribution in [2.45, 2.75) is 50.6 Å². The Morgan fingerprint density at radius 3 is 2.72 bits per heavy atom. The van der Waals surface area contributed by atoms with E-state index in [0.29, 0.717) is 25.3 Å². The number of carbonyl (C=O) groups excluding carboxylic acids is 2. The van der Waals surface area contributed by atoms with Crippen LogP contribution in [0.2, 0.25) is 0 Å². The maximum absolute atomic E-state index is 12.3. The van der Waals surface area contributed by atoms with Crippen LogP contribution < -0.4 is 11.1 Å². The standard InChI is InChI=1S/C13H23N3O2/c1-16(11-5-3-2-4-9(11)8-14)13(18)10-6-7-12(17)15-10/h9-11H,2-8,14H2,1H3,(H,15,17)/t9?,10-,11?/m1/s1. The van der Waals surface area contributed by atoms with E-state index in [9.17, 15) is 9.59 Å². The van der Waals surface area contributed by atoms with E-state index in [1.54, 1.807) is 0 Å². The van der Waals surface area contributed by atoms with Crippen molar-refractivity contribution >= 4 is 11.8 Å². The number of likely N-dealkylation sites (N-methyl/N-ethyl adjacent to an activating group) is 1. The van der Waals surface area contributed by atoms with Gasteiger partial charge in [0.15, 0.2) is 0 Å². The van der Waals surface area contributed by atoms with Gasteiger partial charge in [-0.25, -0.2) is 0 Å². The molecule has 0 aromatic carbocycles. The average Bonchev–Trinajstić information content (AvgIpc) is 2.83. The molecule has 1 saturated heterocycles. The lowest BCUT2D eigenvalue weighted by Crippen LogP contribution is -2.51. The molecule has 0 spiro atoms. The van der Waals surface area contributed by atoms with Gasteiger partial charge in [-0.05, 0) is 31.7 Å². The highest BCUT2D eigenvalue weighted by atomic mass is 16.2. The second-order valence-electron chi connectivity index (χ2n) is 5.46. The van der Waals surface area contributed by atoms with Crippen molar-refractivity contribution in [2.75, 3.05) is 13.6 Å². The Morgan fingerprint density at radius 1 is 1.39 bits per heavy atom. The molecule has 2 aliphatic rings. The molecule has 2 amide bonds. The molecule has 2 rings (SSSR count). The van der Waals surface area contributed by atoms with Crippen molar-refractivity contribution in [3.63, 3.8) is 0 Å². The van der Waals surface area contributed by atoms with E-state index >= 15 is 0 Å². The Bertz CT molecular complexity index is 332. The summed E-state index contributed by atoms with van der Waals surface area (Å²) in [4.78, 5) is 25.3. The molecule has 1 heterocycles. The minimum Gasteiger partial charge on any atom is -0.344 e. The summed E-state index contributed by atoms with van der Waals surface area (Å²) in [5, 5.41) is 2.75. The molecule has 1 aliphatic carbocycles. The lowest BCUT2D eigenvalue weighted by Gasteiger charge is -2.38. The second kappa shape index (κ2) is 5.69. The average molecular weight is 253 g/mol. The molecule has 18 heavy (non-hydrogen) atoms. The summed E-state index contributed by atoms with van der Waals surface area (Å²) in [7, 11) is 1.85. The summed E-state index contributed by atoms with van der Waals surface area (Å²) in [5.74, 6) is 0.441. The fourth-order valence-corrected chi connectivity index (χ4v) is 3.18. The van der Waals surface area contributed by atoms with Gasteiger partial charge in [0.1, 0.15) is 6.04 Å². The van der Waals surface area contributed by atoms with Crippen molar-refractivity contribution in [1.82, 2.24) is 10.2 Å². The molecule has 0 aromatic rings. The molecule has 102 valence electrons. The van der Waals surface area contributed by atoms with E-state index in [0.717, 1.165) is 19.3 Å². The lowest BCUT2D eigenvalue weighted by atomic mass is 9.83. The Hall–Kier alpha value is -1.10. The van der Waals surface area contributed by atoms with Crippen molar-refractivity contribution in [3.8, 4) is 0 Å². The molecule has 0 radical (unpaired) electrons. The highest BCUT2D eigenvalue weighted by molar-refractivity contribution is 5.90. The third kappa shape index (κ3) is 2.66. The van der Waals surface area contributed by atoms with Crippen molar-refractivity contribution < 1.29 is 9.59 Å². The first kappa shape index (κ1) is 13.3. The molecular formula is C13H23N3O2. The third-order valence-electron chi connectivity index (χ3n) is 4.31. The number of amides is 2. The molecule has 1 aliphatic heterocycles. The topological polar surface area (TPSA) is 75.4 Å². The SMILES string of the molecule is CN(C(=O)[C@H]1CCC(=O)N1)C1CCCCC1CN. The summed E-state index contributed by atoms with van der Waals surface area (Å²) in [6, 6.07) is -0.0726. The minimum atomic E-state index is -0.317. The maximum atomic E-state index is 12.3. The van der Waals surface area contributed by atoms with E-state index in [2.05, 4.69) is 5.32 Å². The fraction of sp³-hybridized carbons (Fsp3) is 0.846. The van der Waals surface area contributed by atoms with Gasteiger partial charge in [0.2, 0.25) is 11.8 Å². The quantitative estimate of drug-likeness (QED) is 0.756. The molecule has 3 atom stereocenters. The molecule has 3 N–H and O–H groups in total. The third-order valence-corrected chi connectivity index (χ3v) is 4.31. The molecule has 1 saturated carbocycles. The normalized spacial score (nSPS) is 32.1. The number of nitrogens with two attached hydrogens (primary N) is 1. The van der Waals surface area contributed by atoms with Crippen molar-refractivity contribution in [3.05, 3.63) is 0 Å². The van der Waals surface area contributed by atoms with Crippen molar-refractivity contribution in [2.24, 2.45) is 11.7 Å². The van der Waals surface area contributed by atoms with Crippen LogP contribution in [0.1, 0.15) is 38.5 Å². The monoisotopic (exact) mass is 253 g/mol. The number of hydrogen-bond donors (Lipinski definition) is 2. The number of nitrogens with zero attached hydrogens (tertiary/aromatic N) is 1. The van der Waals surface area contributed by atoms with Gasteiger partial charge < -0.3 is 16.0 Å². The zero-order valence-corrected chi connectivity index (χ0v) is 11.0. The van der Waals surface area contributed by atoms with Crippen LogP contribution in [0.4, 0.5) is 0 Å². The zero-order valence-electron chi connectivity index (χ0n) is 11.0. The van der Waals surface area contributed by atoms with Gasteiger partial charge in [0.05, 0.1) is 0 Å². The van der Waals surface area contributed by atoms with E-state index in [1.807, 2.05) is 11.9 Å². The van der Waals surface area contributed by atoms with Crippen LogP contribution in [0.15, 0.2) is 0 Å². The van der Waals surface area contributed by atoms with E-state index in [1.165, 1.54) is 6.42 Å². The van der Waals surface area contributed by atoms with Gasteiger partial charge in [-0.1, -0.05) is 12.8 Å². The molecule has 5 heteroatoms. The van der Waals surface area contributed by atoms with Gasteiger partial charge in [0.25, 0.3) is 0 Å². The Kier molecular flexibility index (Phi) is 4.22. The van der Waals surface area contributed by atoms with Gasteiger partial charge in [-0.2, -0.15) is 0 Å². The smallest absolute Gasteiger partial charge is 0.245 e. The first-order chi connectivity index (χ1) is 8.63. The molecule has 2 fully saturated rings. The minimum absolute atomic E-state index is 0.0132. The van der Waals surface area contributed by atoms with Crippen LogP contribution in [0.3, 0.4) is 0 Å². The summed E-state index contributed by atoms with van der Waals surface area (Å²) in [5.41, 5.74) is 5.80. The van der Waals surface area contributed by atoms with Gasteiger partial charge in [-0.3, -0.25) is 9.59 Å². The molecule has 0 bridgehead atoms. The molecule has 0 aromatic heterocycles. The van der Waals surface area contributed by atoms with Gasteiger partial charge in [0, 0.05) is 19.5 Å². The summed E-state index contributed by atoms with van der Waals surface area (Å²) >= 11 is 0. The predicted molar refractivity (Wildman–Crippen MR) is 68.7 cm³/mol. The second-order valence-corrected chi connectivity index (χ2v) is 5.46. The van der Waals surface area contributed by atoms with Crippen LogP contribution in [0.5, 0.6) is 0 Å². The van der Waals surface area contributed by atoms with Crippen molar-refractivity contribution in [1.29, 1.82) is 0 Å². The number of hydrogen-bond acceptors (Lipinski definition) is 3. The van der Waals surface area contributed by atoms with Crippen LogP contribution in [-0.2, 0) is 9.59 Å². The number of carbonyl (C=O) groups is 2. The van der Waals surface area contributed by atoms with Gasteiger partial charge in [-0.15, -0.1) is 0 Å². The Morgan fingerprint density at radius 2 is 2.11 bits per heavy atom. The predicted octanol–water partition coefficient (Wildman–Crippen LogP) is 0.241. The largest absolute Gasteiger partial charge is 0.344 e. The van der Waals surface area contributed by atoms with E-state index in [-0.39, 0.29) is 23.9 Å². The van der Waals surface area contributed by atoms with Gasteiger partial charge >= 0.3 is 0 Å². The zero-order chi connectivity index (χ0) is 13.1. The number of nitrogens with one attached hydrogen (secondary N) is 1. The lowest BCUT2D eigenvalue weighted by molar-refractivity contribution is -0.136. The summed E-state index contributed by atoms with van der Waals surface area (Å²) in [6.45, 7) is 0.638. The Balaban J connectivity index is 1.98. The Labute approximate surface area is 108 Å². The molecule has 5 nitrogen and oxygen atoms in total. The summed E-state index contributed by atoms with van der Waals surface area (Å²) < 4.78 is 0. The highest BCUT2D eigenvalue weighted by Gasteiger charge is 2.35. The number of rotatable bonds is 3. The van der Waals surface area contributed by atoms with Crippen LogP contribution >= 0.6 is 0 Å². The molecular weight excluding hydrogens is 230 g/mol. The maximum Gasteiger partial charge on any atom is 0.245 e. The first-order valence-corrected chi connectivity index (χ1v) is 6.89. The first-order valence-electron chi connectivity index (χ1n) is 6.89. The van der Waals surface area contributed by atoms with E-state index in [4.69, 9.17) is 5.73 Å². The highest BCUT2D eigenvalue weighted by Crippen LogP contribution is 2.28. The van der Waals surface area contributed by atoms with Crippen LogP contribution in [0.25, 0.3) is 0 Å². The van der Waals surface area contributed by atoms with Crippen LogP contribution in [0, 0.1) is 5.92 Å². The van der Waals surface area contributed by atoms with Crippen LogP contribution in [-0.4, -0.2) is 42.4 Å². The fourth-order valence-electron chi connectivity index (χ4n) is 3.18.